The first-order valence-electron chi connectivity index (χ1n) is 9.77. The van der Waals surface area contributed by atoms with Gasteiger partial charge in [-0.05, 0) is 57.4 Å². The maximum absolute atomic E-state index is 12.4. The third-order valence-corrected chi connectivity index (χ3v) is 5.15. The first-order valence-corrected chi connectivity index (χ1v) is 10.6. The molecule has 0 saturated carbocycles. The molecule has 0 aromatic heterocycles. The molecule has 1 amide bonds. The molecular weight excluding hydrogens is 492 g/mol. The summed E-state index contributed by atoms with van der Waals surface area (Å²) < 4.78 is 17.0. The van der Waals surface area contributed by atoms with E-state index in [2.05, 4.69) is 21.2 Å². The van der Waals surface area contributed by atoms with Crippen LogP contribution in [0.5, 0.6) is 17.2 Å². The van der Waals surface area contributed by atoms with E-state index in [0.29, 0.717) is 33.9 Å². The van der Waals surface area contributed by atoms with Gasteiger partial charge in [0.05, 0.1) is 29.7 Å². The lowest BCUT2D eigenvalue weighted by Gasteiger charge is -2.13. The Labute approximate surface area is 199 Å². The Morgan fingerprint density at radius 1 is 1.09 bits per heavy atom. The SMILES string of the molecule is COc1ccc(NC(=O)/C=C/c2cc(Br)c(OCc3ccccc3)c(OC)c2)c([N+](=O)[O-])c1. The number of nitrogens with zero attached hydrogens (tertiary/aromatic N) is 1. The second kappa shape index (κ2) is 11.1. The monoisotopic (exact) mass is 512 g/mol. The van der Waals surface area contributed by atoms with Crippen LogP contribution in [0, 0.1) is 10.1 Å². The van der Waals surface area contributed by atoms with Gasteiger partial charge in [0.25, 0.3) is 5.69 Å². The second-order valence-corrected chi connectivity index (χ2v) is 7.63. The zero-order chi connectivity index (χ0) is 23.8. The van der Waals surface area contributed by atoms with Gasteiger partial charge in [0.15, 0.2) is 11.5 Å². The summed E-state index contributed by atoms with van der Waals surface area (Å²) in [6, 6.07) is 17.4. The summed E-state index contributed by atoms with van der Waals surface area (Å²) in [5.41, 5.74) is 1.49. The van der Waals surface area contributed by atoms with Crippen LogP contribution in [-0.4, -0.2) is 25.1 Å². The smallest absolute Gasteiger partial charge is 0.296 e. The topological polar surface area (TPSA) is 99.9 Å². The Hall–Kier alpha value is -3.85. The zero-order valence-electron chi connectivity index (χ0n) is 17.9. The van der Waals surface area contributed by atoms with Crippen LogP contribution in [0.2, 0.25) is 0 Å². The van der Waals surface area contributed by atoms with Crippen LogP contribution in [0.3, 0.4) is 0 Å². The van der Waals surface area contributed by atoms with Crippen LogP contribution in [0.4, 0.5) is 11.4 Å². The summed E-state index contributed by atoms with van der Waals surface area (Å²) in [7, 11) is 2.94. The quantitative estimate of drug-likeness (QED) is 0.227. The van der Waals surface area contributed by atoms with Crippen molar-refractivity contribution in [1.29, 1.82) is 0 Å². The molecule has 0 fully saturated rings. The molecule has 0 spiro atoms. The number of hydrogen-bond acceptors (Lipinski definition) is 6. The van der Waals surface area contributed by atoms with Crippen molar-refractivity contribution < 1.29 is 23.9 Å². The molecule has 0 radical (unpaired) electrons. The molecule has 33 heavy (non-hydrogen) atoms. The molecule has 0 bridgehead atoms. The maximum atomic E-state index is 12.4. The molecule has 1 N–H and O–H groups in total. The van der Waals surface area contributed by atoms with Gasteiger partial charge in [-0.3, -0.25) is 14.9 Å². The number of methoxy groups -OCH3 is 2. The van der Waals surface area contributed by atoms with Crippen LogP contribution < -0.4 is 19.5 Å². The van der Waals surface area contributed by atoms with E-state index in [1.807, 2.05) is 30.3 Å². The summed E-state index contributed by atoms with van der Waals surface area (Å²) in [6.45, 7) is 0.369. The Morgan fingerprint density at radius 2 is 1.85 bits per heavy atom. The van der Waals surface area contributed by atoms with Crippen molar-refractivity contribution in [2.75, 3.05) is 19.5 Å². The van der Waals surface area contributed by atoms with Crippen LogP contribution >= 0.6 is 15.9 Å². The highest BCUT2D eigenvalue weighted by Crippen LogP contribution is 2.37. The molecular formula is C24H21BrN2O6. The standard InChI is InChI=1S/C24H21BrN2O6/c1-31-18-9-10-20(21(14-18)27(29)30)26-23(28)11-8-17-12-19(25)24(22(13-17)32-2)33-15-16-6-4-3-5-7-16/h3-14H,15H2,1-2H3,(H,26,28)/b11-8+. The summed E-state index contributed by atoms with van der Waals surface area (Å²) in [6.07, 6.45) is 2.85. The molecule has 3 aromatic rings. The molecule has 0 heterocycles. The minimum atomic E-state index is -0.585. The molecule has 0 unspecified atom stereocenters. The van der Waals surface area contributed by atoms with Gasteiger partial charge >= 0.3 is 0 Å². The van der Waals surface area contributed by atoms with E-state index in [4.69, 9.17) is 14.2 Å². The minimum Gasteiger partial charge on any atom is -0.496 e. The normalized spacial score (nSPS) is 10.6. The van der Waals surface area contributed by atoms with E-state index in [0.717, 1.165) is 5.56 Å². The summed E-state index contributed by atoms with van der Waals surface area (Å²) in [5.74, 6) is 0.826. The van der Waals surface area contributed by atoms with E-state index in [1.54, 1.807) is 18.2 Å². The highest BCUT2D eigenvalue weighted by Gasteiger charge is 2.16. The van der Waals surface area contributed by atoms with Gasteiger partial charge in [-0.25, -0.2) is 0 Å². The number of hydrogen-bond donors (Lipinski definition) is 1. The number of halogens is 1. The Bertz CT molecular complexity index is 1180. The molecule has 9 heteroatoms. The number of rotatable bonds is 9. The number of amides is 1. The highest BCUT2D eigenvalue weighted by atomic mass is 79.9. The minimum absolute atomic E-state index is 0.0684. The number of benzene rings is 3. The number of anilines is 1. The van der Waals surface area contributed by atoms with Gasteiger partial charge in [-0.2, -0.15) is 0 Å². The molecule has 8 nitrogen and oxygen atoms in total. The molecule has 0 aliphatic rings. The molecule has 0 atom stereocenters. The Kier molecular flexibility index (Phi) is 8.04. The number of carbonyl (C=O) groups excluding carboxylic acids is 1. The van der Waals surface area contributed by atoms with Crippen molar-refractivity contribution in [2.24, 2.45) is 0 Å². The molecule has 0 aliphatic carbocycles. The number of nitro benzene ring substituents is 1. The third-order valence-electron chi connectivity index (χ3n) is 4.56. The highest BCUT2D eigenvalue weighted by molar-refractivity contribution is 9.10. The lowest BCUT2D eigenvalue weighted by Crippen LogP contribution is -2.09. The summed E-state index contributed by atoms with van der Waals surface area (Å²) in [4.78, 5) is 23.1. The molecule has 3 aromatic carbocycles. The van der Waals surface area contributed by atoms with Crippen molar-refractivity contribution in [1.82, 2.24) is 0 Å². The summed E-state index contributed by atoms with van der Waals surface area (Å²) in [5, 5.41) is 13.8. The van der Waals surface area contributed by atoms with Crippen molar-refractivity contribution >= 4 is 39.3 Å². The lowest BCUT2D eigenvalue weighted by molar-refractivity contribution is -0.384. The maximum Gasteiger partial charge on any atom is 0.296 e. The molecule has 170 valence electrons. The zero-order valence-corrected chi connectivity index (χ0v) is 19.5. The van der Waals surface area contributed by atoms with Crippen LogP contribution in [0.15, 0.2) is 71.2 Å². The fourth-order valence-corrected chi connectivity index (χ4v) is 3.52. The van der Waals surface area contributed by atoms with E-state index in [-0.39, 0.29) is 11.4 Å². The Balaban J connectivity index is 1.74. The molecule has 3 rings (SSSR count). The third kappa shape index (κ3) is 6.33. The molecule has 0 aliphatic heterocycles. The first kappa shape index (κ1) is 23.8. The first-order chi connectivity index (χ1) is 15.9. The van der Waals surface area contributed by atoms with Gasteiger partial charge in [0.1, 0.15) is 18.0 Å². The van der Waals surface area contributed by atoms with E-state index in [1.165, 1.54) is 38.5 Å². The van der Waals surface area contributed by atoms with Gasteiger partial charge in [0.2, 0.25) is 5.91 Å². The number of ether oxygens (including phenoxy) is 3. The van der Waals surface area contributed by atoms with Crippen LogP contribution in [0.1, 0.15) is 11.1 Å². The van der Waals surface area contributed by atoms with Crippen LogP contribution in [-0.2, 0) is 11.4 Å². The van der Waals surface area contributed by atoms with Gasteiger partial charge in [-0.1, -0.05) is 30.3 Å². The molecule has 0 saturated heterocycles. The predicted molar refractivity (Wildman–Crippen MR) is 129 cm³/mol. The van der Waals surface area contributed by atoms with E-state index < -0.39 is 10.8 Å². The van der Waals surface area contributed by atoms with Gasteiger partial charge < -0.3 is 19.5 Å². The van der Waals surface area contributed by atoms with E-state index >= 15 is 0 Å². The largest absolute Gasteiger partial charge is 0.496 e. The van der Waals surface area contributed by atoms with E-state index in [9.17, 15) is 14.9 Å². The lowest BCUT2D eigenvalue weighted by atomic mass is 10.1. The summed E-state index contributed by atoms with van der Waals surface area (Å²) >= 11 is 3.49. The van der Waals surface area contributed by atoms with Crippen molar-refractivity contribution in [2.45, 2.75) is 6.61 Å². The van der Waals surface area contributed by atoms with Crippen molar-refractivity contribution in [3.63, 3.8) is 0 Å². The Morgan fingerprint density at radius 3 is 2.52 bits per heavy atom. The van der Waals surface area contributed by atoms with Crippen molar-refractivity contribution in [3.05, 3.63) is 92.5 Å². The number of nitro groups is 1. The average molecular weight is 513 g/mol. The number of nitrogens with one attached hydrogen (secondary N) is 1. The average Bonchev–Trinajstić information content (AvgIpc) is 2.82. The number of carbonyl (C=O) groups is 1. The van der Waals surface area contributed by atoms with Gasteiger partial charge in [-0.15, -0.1) is 0 Å². The van der Waals surface area contributed by atoms with Crippen molar-refractivity contribution in [3.8, 4) is 17.2 Å². The van der Waals surface area contributed by atoms with Gasteiger partial charge in [0, 0.05) is 6.08 Å². The second-order valence-electron chi connectivity index (χ2n) is 6.77. The fourth-order valence-electron chi connectivity index (χ4n) is 2.95. The van der Waals surface area contributed by atoms with Crippen LogP contribution in [0.25, 0.3) is 6.08 Å². The fraction of sp³-hybridized carbons (Fsp3) is 0.125. The predicted octanol–water partition coefficient (Wildman–Crippen LogP) is 5.61.